The Balaban J connectivity index is 2.02. The number of carbonyl (C=O) groups is 1. The molecule has 1 aromatic carbocycles. The van der Waals surface area contributed by atoms with Crippen molar-refractivity contribution in [2.75, 3.05) is 19.7 Å². The SMILES string of the molecule is Cc1cc(C)c(C)c(S(=O)(=O)NCC(=O)NC[C@H]2CCCO2)c1C. The highest BCUT2D eigenvalue weighted by atomic mass is 32.2. The van der Waals surface area contributed by atoms with E-state index in [0.717, 1.165) is 30.6 Å². The van der Waals surface area contributed by atoms with E-state index in [0.29, 0.717) is 17.7 Å². The van der Waals surface area contributed by atoms with Crippen LogP contribution in [0.4, 0.5) is 0 Å². The van der Waals surface area contributed by atoms with Crippen LogP contribution < -0.4 is 10.0 Å². The van der Waals surface area contributed by atoms with Crippen LogP contribution in [0, 0.1) is 27.7 Å². The molecule has 1 amide bonds. The number of sulfonamides is 1. The van der Waals surface area contributed by atoms with Gasteiger partial charge in [0.1, 0.15) is 0 Å². The lowest BCUT2D eigenvalue weighted by Crippen LogP contribution is -2.40. The second-order valence-electron chi connectivity index (χ2n) is 6.35. The van der Waals surface area contributed by atoms with Gasteiger partial charge in [-0.25, -0.2) is 13.1 Å². The predicted molar refractivity (Wildman–Crippen MR) is 92.6 cm³/mol. The number of amides is 1. The van der Waals surface area contributed by atoms with Gasteiger partial charge in [-0.3, -0.25) is 4.79 Å². The maximum Gasteiger partial charge on any atom is 0.241 e. The van der Waals surface area contributed by atoms with Crippen molar-refractivity contribution in [1.82, 2.24) is 10.0 Å². The maximum absolute atomic E-state index is 12.6. The summed E-state index contributed by atoms with van der Waals surface area (Å²) in [5.41, 5.74) is 3.26. The Kier molecular flexibility index (Phi) is 6.01. The number of nitrogens with one attached hydrogen (secondary N) is 2. The molecule has 1 aliphatic heterocycles. The van der Waals surface area contributed by atoms with E-state index >= 15 is 0 Å². The van der Waals surface area contributed by atoms with E-state index in [-0.39, 0.29) is 23.5 Å². The van der Waals surface area contributed by atoms with Gasteiger partial charge in [0.2, 0.25) is 15.9 Å². The highest BCUT2D eigenvalue weighted by molar-refractivity contribution is 7.89. The summed E-state index contributed by atoms with van der Waals surface area (Å²) < 4.78 is 33.1. The first-order valence-electron chi connectivity index (χ1n) is 8.17. The number of aryl methyl sites for hydroxylation is 2. The predicted octanol–water partition coefficient (Wildman–Crippen LogP) is 1.49. The normalized spacial score (nSPS) is 17.9. The molecule has 7 heteroatoms. The summed E-state index contributed by atoms with van der Waals surface area (Å²) in [6, 6.07) is 1.97. The van der Waals surface area contributed by atoms with Crippen LogP contribution in [-0.4, -0.2) is 40.1 Å². The molecule has 1 atom stereocenters. The molecule has 0 aromatic heterocycles. The number of rotatable bonds is 6. The van der Waals surface area contributed by atoms with Gasteiger partial charge in [-0.2, -0.15) is 0 Å². The Morgan fingerprint density at radius 1 is 1.21 bits per heavy atom. The average Bonchev–Trinajstić information content (AvgIpc) is 3.02. The first-order chi connectivity index (χ1) is 11.2. The lowest BCUT2D eigenvalue weighted by molar-refractivity contribution is -0.120. The molecule has 1 aliphatic rings. The van der Waals surface area contributed by atoms with Gasteiger partial charge in [-0.05, 0) is 62.8 Å². The third-order valence-corrected chi connectivity index (χ3v) is 6.21. The topological polar surface area (TPSA) is 84.5 Å². The minimum atomic E-state index is -3.74. The zero-order chi connectivity index (χ0) is 17.9. The summed E-state index contributed by atoms with van der Waals surface area (Å²) in [6.07, 6.45) is 1.96. The molecule has 1 fully saturated rings. The molecular formula is C17H26N2O4S. The minimum absolute atomic E-state index is 0.0365. The Morgan fingerprint density at radius 2 is 1.83 bits per heavy atom. The van der Waals surface area contributed by atoms with Gasteiger partial charge in [0.05, 0.1) is 17.5 Å². The van der Waals surface area contributed by atoms with Crippen LogP contribution >= 0.6 is 0 Å². The Hall–Kier alpha value is -1.44. The van der Waals surface area contributed by atoms with Crippen molar-refractivity contribution in [1.29, 1.82) is 0 Å². The molecule has 2 N–H and O–H groups in total. The lowest BCUT2D eigenvalue weighted by Gasteiger charge is -2.16. The van der Waals surface area contributed by atoms with Crippen molar-refractivity contribution in [3.05, 3.63) is 28.3 Å². The quantitative estimate of drug-likeness (QED) is 0.811. The molecule has 0 bridgehead atoms. The fourth-order valence-electron chi connectivity index (χ4n) is 2.91. The molecule has 0 spiro atoms. The molecule has 1 aromatic rings. The van der Waals surface area contributed by atoms with Crippen molar-refractivity contribution in [3.8, 4) is 0 Å². The molecule has 0 saturated carbocycles. The number of hydrogen-bond donors (Lipinski definition) is 2. The molecular weight excluding hydrogens is 328 g/mol. The maximum atomic E-state index is 12.6. The summed E-state index contributed by atoms with van der Waals surface area (Å²) in [4.78, 5) is 12.2. The standard InChI is InChI=1S/C17H26N2O4S/c1-11-8-12(2)14(4)17(13(11)3)24(21,22)19-10-16(20)18-9-15-6-5-7-23-15/h8,15,19H,5-7,9-10H2,1-4H3,(H,18,20)/t15-/m1/s1. The largest absolute Gasteiger partial charge is 0.376 e. The van der Waals surface area contributed by atoms with Crippen molar-refractivity contribution in [2.45, 2.75) is 51.5 Å². The van der Waals surface area contributed by atoms with Crippen LogP contribution in [0.25, 0.3) is 0 Å². The van der Waals surface area contributed by atoms with E-state index < -0.39 is 10.0 Å². The van der Waals surface area contributed by atoms with Gasteiger partial charge in [0.25, 0.3) is 0 Å². The van der Waals surface area contributed by atoms with Crippen LogP contribution in [0.2, 0.25) is 0 Å². The smallest absolute Gasteiger partial charge is 0.241 e. The van der Waals surface area contributed by atoms with Crippen molar-refractivity contribution < 1.29 is 17.9 Å². The molecule has 0 aliphatic carbocycles. The first kappa shape index (κ1) is 18.9. The highest BCUT2D eigenvalue weighted by Crippen LogP contribution is 2.25. The van der Waals surface area contributed by atoms with Crippen LogP contribution in [0.15, 0.2) is 11.0 Å². The molecule has 0 unspecified atom stereocenters. The molecule has 134 valence electrons. The van der Waals surface area contributed by atoms with E-state index in [4.69, 9.17) is 4.74 Å². The fraction of sp³-hybridized carbons (Fsp3) is 0.588. The number of benzene rings is 1. The zero-order valence-electron chi connectivity index (χ0n) is 14.7. The Labute approximate surface area is 144 Å². The first-order valence-corrected chi connectivity index (χ1v) is 9.66. The van der Waals surface area contributed by atoms with Crippen molar-refractivity contribution in [3.63, 3.8) is 0 Å². The Morgan fingerprint density at radius 3 is 2.38 bits per heavy atom. The molecule has 6 nitrogen and oxygen atoms in total. The molecule has 2 rings (SSSR count). The summed E-state index contributed by atoms with van der Waals surface area (Å²) in [5, 5.41) is 2.71. The number of carbonyl (C=O) groups excluding carboxylic acids is 1. The molecule has 0 radical (unpaired) electrons. The summed E-state index contributed by atoms with van der Waals surface area (Å²) in [6.45, 7) is 8.20. The summed E-state index contributed by atoms with van der Waals surface area (Å²) in [7, 11) is -3.74. The fourth-order valence-corrected chi connectivity index (χ4v) is 4.51. The summed E-state index contributed by atoms with van der Waals surface area (Å²) in [5.74, 6) is -0.353. The van der Waals surface area contributed by atoms with E-state index in [1.165, 1.54) is 0 Å². The average molecular weight is 354 g/mol. The van der Waals surface area contributed by atoms with Crippen LogP contribution in [-0.2, 0) is 19.6 Å². The van der Waals surface area contributed by atoms with Crippen LogP contribution in [0.5, 0.6) is 0 Å². The lowest BCUT2D eigenvalue weighted by atomic mass is 10.0. The summed E-state index contributed by atoms with van der Waals surface area (Å²) >= 11 is 0. The van der Waals surface area contributed by atoms with Gasteiger partial charge in [-0.1, -0.05) is 6.07 Å². The second-order valence-corrected chi connectivity index (χ2v) is 8.06. The zero-order valence-corrected chi connectivity index (χ0v) is 15.5. The van der Waals surface area contributed by atoms with Crippen molar-refractivity contribution >= 4 is 15.9 Å². The number of hydrogen-bond acceptors (Lipinski definition) is 4. The minimum Gasteiger partial charge on any atom is -0.376 e. The molecule has 24 heavy (non-hydrogen) atoms. The van der Waals surface area contributed by atoms with Gasteiger partial charge in [0.15, 0.2) is 0 Å². The van der Waals surface area contributed by atoms with E-state index in [9.17, 15) is 13.2 Å². The number of ether oxygens (including phenoxy) is 1. The monoisotopic (exact) mass is 354 g/mol. The highest BCUT2D eigenvalue weighted by Gasteiger charge is 2.23. The molecule has 1 heterocycles. The van der Waals surface area contributed by atoms with Crippen LogP contribution in [0.1, 0.15) is 35.1 Å². The van der Waals surface area contributed by atoms with Crippen LogP contribution in [0.3, 0.4) is 0 Å². The third-order valence-electron chi connectivity index (χ3n) is 4.54. The van der Waals surface area contributed by atoms with Gasteiger partial charge in [-0.15, -0.1) is 0 Å². The van der Waals surface area contributed by atoms with Crippen molar-refractivity contribution in [2.24, 2.45) is 0 Å². The second kappa shape index (κ2) is 7.63. The van der Waals surface area contributed by atoms with E-state index in [1.807, 2.05) is 19.9 Å². The molecule has 1 saturated heterocycles. The van der Waals surface area contributed by atoms with Gasteiger partial charge >= 0.3 is 0 Å². The third kappa shape index (κ3) is 4.34. The van der Waals surface area contributed by atoms with E-state index in [1.54, 1.807) is 13.8 Å². The van der Waals surface area contributed by atoms with Gasteiger partial charge < -0.3 is 10.1 Å². The Bertz CT molecular complexity index is 696. The van der Waals surface area contributed by atoms with E-state index in [2.05, 4.69) is 10.0 Å². The van der Waals surface area contributed by atoms with Gasteiger partial charge in [0, 0.05) is 13.2 Å².